The van der Waals surface area contributed by atoms with E-state index in [2.05, 4.69) is 48.3 Å². The summed E-state index contributed by atoms with van der Waals surface area (Å²) in [5.41, 5.74) is 1.45. The van der Waals surface area contributed by atoms with Gasteiger partial charge in [0.1, 0.15) is 0 Å². The Bertz CT molecular complexity index is 419. The maximum atomic E-state index is 3.61. The number of thioether (sulfide) groups is 1. The molecular formula is C18H27NS. The minimum absolute atomic E-state index is 0.802. The molecular weight excluding hydrogens is 262 g/mol. The van der Waals surface area contributed by atoms with Crippen LogP contribution < -0.4 is 5.32 Å². The van der Waals surface area contributed by atoms with E-state index >= 15 is 0 Å². The highest BCUT2D eigenvalue weighted by Crippen LogP contribution is 2.37. The summed E-state index contributed by atoms with van der Waals surface area (Å²) < 4.78 is 0. The maximum absolute atomic E-state index is 3.61. The van der Waals surface area contributed by atoms with Gasteiger partial charge in [0.2, 0.25) is 0 Å². The first-order valence-electron chi connectivity index (χ1n) is 8.32. The van der Waals surface area contributed by atoms with Gasteiger partial charge >= 0.3 is 0 Å². The van der Waals surface area contributed by atoms with Gasteiger partial charge in [0.05, 0.1) is 0 Å². The molecule has 0 heterocycles. The number of nitrogens with one attached hydrogen (secondary N) is 1. The summed E-state index contributed by atoms with van der Waals surface area (Å²) in [6, 6.07) is 9.97. The summed E-state index contributed by atoms with van der Waals surface area (Å²) in [5, 5.41) is 4.46. The van der Waals surface area contributed by atoms with Gasteiger partial charge in [0.15, 0.2) is 0 Å². The van der Waals surface area contributed by atoms with Crippen LogP contribution in [0.1, 0.15) is 57.4 Å². The van der Waals surface area contributed by atoms with E-state index in [1.807, 2.05) is 0 Å². The minimum Gasteiger partial charge on any atom is -0.310 e. The highest BCUT2D eigenvalue weighted by atomic mass is 32.2. The Morgan fingerprint density at radius 3 is 2.60 bits per heavy atom. The zero-order chi connectivity index (χ0) is 13.8. The van der Waals surface area contributed by atoms with Gasteiger partial charge in [-0.2, -0.15) is 0 Å². The van der Waals surface area contributed by atoms with E-state index in [9.17, 15) is 0 Å². The van der Waals surface area contributed by atoms with Crippen molar-refractivity contribution in [3.8, 4) is 0 Å². The van der Waals surface area contributed by atoms with E-state index in [0.717, 1.165) is 23.8 Å². The summed E-state index contributed by atoms with van der Waals surface area (Å²) in [5.74, 6) is 1.00. The molecule has 0 atom stereocenters. The van der Waals surface area contributed by atoms with Crippen molar-refractivity contribution in [2.75, 3.05) is 0 Å². The Balaban J connectivity index is 1.50. The van der Waals surface area contributed by atoms with Crippen LogP contribution in [0, 0.1) is 5.92 Å². The van der Waals surface area contributed by atoms with E-state index in [-0.39, 0.29) is 0 Å². The third-order valence-corrected chi connectivity index (χ3v) is 6.08. The van der Waals surface area contributed by atoms with E-state index in [1.165, 1.54) is 55.4 Å². The topological polar surface area (TPSA) is 12.0 Å². The Morgan fingerprint density at radius 1 is 1.10 bits per heavy atom. The Labute approximate surface area is 127 Å². The predicted molar refractivity (Wildman–Crippen MR) is 88.2 cm³/mol. The SMILES string of the molecule is CCC1CCC(Sc2cccc(CNC3CC3)c2)CC1. The summed E-state index contributed by atoms with van der Waals surface area (Å²) >= 11 is 2.11. The van der Waals surface area contributed by atoms with Crippen LogP contribution in [0.3, 0.4) is 0 Å². The fourth-order valence-electron chi connectivity index (χ4n) is 3.13. The lowest BCUT2D eigenvalue weighted by atomic mass is 9.87. The van der Waals surface area contributed by atoms with Crippen molar-refractivity contribution >= 4 is 11.8 Å². The molecule has 2 saturated carbocycles. The second kappa shape index (κ2) is 7.00. The van der Waals surface area contributed by atoms with Crippen LogP contribution in [0.4, 0.5) is 0 Å². The molecule has 1 aromatic carbocycles. The normalized spacial score (nSPS) is 26.6. The zero-order valence-electron chi connectivity index (χ0n) is 12.6. The van der Waals surface area contributed by atoms with Crippen LogP contribution in [0.2, 0.25) is 0 Å². The number of hydrogen-bond acceptors (Lipinski definition) is 2. The Hall–Kier alpha value is -0.470. The molecule has 0 unspecified atom stereocenters. The molecule has 0 amide bonds. The molecule has 2 fully saturated rings. The van der Waals surface area contributed by atoms with Gasteiger partial charge < -0.3 is 5.32 Å². The van der Waals surface area contributed by atoms with Crippen LogP contribution in [0.15, 0.2) is 29.2 Å². The lowest BCUT2D eigenvalue weighted by Crippen LogP contribution is -2.16. The molecule has 20 heavy (non-hydrogen) atoms. The van der Waals surface area contributed by atoms with Crippen LogP contribution in [0.25, 0.3) is 0 Å². The maximum Gasteiger partial charge on any atom is 0.0208 e. The molecule has 0 aromatic heterocycles. The fraction of sp³-hybridized carbons (Fsp3) is 0.667. The molecule has 1 nitrogen and oxygen atoms in total. The molecule has 3 rings (SSSR count). The average molecular weight is 289 g/mol. The van der Waals surface area contributed by atoms with Crippen LogP contribution in [-0.4, -0.2) is 11.3 Å². The van der Waals surface area contributed by atoms with Crippen molar-refractivity contribution < 1.29 is 0 Å². The number of benzene rings is 1. The van der Waals surface area contributed by atoms with Crippen molar-refractivity contribution in [2.24, 2.45) is 5.92 Å². The fourth-order valence-corrected chi connectivity index (χ4v) is 4.40. The quantitative estimate of drug-likeness (QED) is 0.791. The molecule has 0 saturated heterocycles. The van der Waals surface area contributed by atoms with Crippen molar-refractivity contribution in [3.63, 3.8) is 0 Å². The first-order chi connectivity index (χ1) is 9.83. The highest BCUT2D eigenvalue weighted by molar-refractivity contribution is 8.00. The van der Waals surface area contributed by atoms with Crippen molar-refractivity contribution in [3.05, 3.63) is 29.8 Å². The van der Waals surface area contributed by atoms with Crippen molar-refractivity contribution in [2.45, 2.75) is 74.6 Å². The van der Waals surface area contributed by atoms with Gasteiger partial charge in [0.25, 0.3) is 0 Å². The van der Waals surface area contributed by atoms with E-state index in [0.29, 0.717) is 0 Å². The first-order valence-corrected chi connectivity index (χ1v) is 9.20. The van der Waals surface area contributed by atoms with E-state index in [1.54, 1.807) is 0 Å². The molecule has 1 N–H and O–H groups in total. The first kappa shape index (κ1) is 14.5. The number of rotatable bonds is 6. The summed E-state index contributed by atoms with van der Waals surface area (Å²) in [7, 11) is 0. The predicted octanol–water partition coefficient (Wildman–Crippen LogP) is 5.00. The largest absolute Gasteiger partial charge is 0.310 e. The second-order valence-electron chi connectivity index (χ2n) is 6.47. The van der Waals surface area contributed by atoms with E-state index < -0.39 is 0 Å². The van der Waals surface area contributed by atoms with E-state index in [4.69, 9.17) is 0 Å². The number of hydrogen-bond donors (Lipinski definition) is 1. The van der Waals surface area contributed by atoms with Gasteiger partial charge in [0, 0.05) is 22.7 Å². The van der Waals surface area contributed by atoms with Crippen LogP contribution >= 0.6 is 11.8 Å². The lowest BCUT2D eigenvalue weighted by molar-refractivity contribution is 0.356. The summed E-state index contributed by atoms with van der Waals surface area (Å²) in [4.78, 5) is 1.47. The van der Waals surface area contributed by atoms with Gasteiger partial charge in [-0.1, -0.05) is 25.5 Å². The third-order valence-electron chi connectivity index (χ3n) is 4.74. The van der Waals surface area contributed by atoms with Gasteiger partial charge in [-0.15, -0.1) is 11.8 Å². The van der Waals surface area contributed by atoms with Gasteiger partial charge in [-0.25, -0.2) is 0 Å². The Morgan fingerprint density at radius 2 is 1.90 bits per heavy atom. The Kier molecular flexibility index (Phi) is 5.06. The van der Waals surface area contributed by atoms with Gasteiger partial charge in [-0.05, 0) is 62.1 Å². The minimum atomic E-state index is 0.802. The highest BCUT2D eigenvalue weighted by Gasteiger charge is 2.21. The summed E-state index contributed by atoms with van der Waals surface area (Å²) in [6.45, 7) is 3.39. The average Bonchev–Trinajstić information content (AvgIpc) is 3.31. The molecule has 0 aliphatic heterocycles. The molecule has 2 aliphatic carbocycles. The van der Waals surface area contributed by atoms with Crippen LogP contribution in [-0.2, 0) is 6.54 Å². The standard InChI is InChI=1S/C18H27NS/c1-2-14-6-10-17(11-7-14)20-18-5-3-4-15(12-18)13-19-16-8-9-16/h3-5,12,14,16-17,19H,2,6-11,13H2,1H3. The molecule has 0 bridgehead atoms. The molecule has 0 spiro atoms. The molecule has 2 aliphatic rings. The van der Waals surface area contributed by atoms with Crippen molar-refractivity contribution in [1.82, 2.24) is 5.32 Å². The zero-order valence-corrected chi connectivity index (χ0v) is 13.4. The van der Waals surface area contributed by atoms with Crippen LogP contribution in [0.5, 0.6) is 0 Å². The van der Waals surface area contributed by atoms with Gasteiger partial charge in [-0.3, -0.25) is 0 Å². The molecule has 1 aromatic rings. The monoisotopic (exact) mass is 289 g/mol. The molecule has 2 heteroatoms. The molecule has 0 radical (unpaired) electrons. The second-order valence-corrected chi connectivity index (χ2v) is 7.85. The third kappa shape index (κ3) is 4.26. The van der Waals surface area contributed by atoms with Crippen molar-refractivity contribution in [1.29, 1.82) is 0 Å². The summed E-state index contributed by atoms with van der Waals surface area (Å²) in [6.07, 6.45) is 9.82. The molecule has 110 valence electrons. The lowest BCUT2D eigenvalue weighted by Gasteiger charge is -2.27. The smallest absolute Gasteiger partial charge is 0.0208 e.